The van der Waals surface area contributed by atoms with E-state index in [1.807, 2.05) is 54.6 Å². The first-order valence-electron chi connectivity index (χ1n) is 6.93. The number of fused-ring (bicyclic) bond motifs is 1. The summed E-state index contributed by atoms with van der Waals surface area (Å²) in [5.41, 5.74) is 0.678. The van der Waals surface area contributed by atoms with E-state index in [9.17, 15) is 4.79 Å². The molecule has 1 aliphatic heterocycles. The molecule has 0 fully saturated rings. The topological polar surface area (TPSA) is 38.8 Å². The molecule has 21 heavy (non-hydrogen) atoms. The molecule has 1 heterocycles. The first-order chi connectivity index (χ1) is 10.2. The van der Waals surface area contributed by atoms with Crippen molar-refractivity contribution in [1.82, 2.24) is 4.90 Å². The highest BCUT2D eigenvalue weighted by molar-refractivity contribution is 5.94. The molecule has 0 saturated heterocycles. The van der Waals surface area contributed by atoms with E-state index in [1.54, 1.807) is 11.9 Å². The molecule has 0 bridgehead atoms. The normalized spacial score (nSPS) is 16.3. The van der Waals surface area contributed by atoms with Gasteiger partial charge in [-0.15, -0.1) is 0 Å². The standard InChI is InChI=1S/C17H17NO3/c1-18(17(19)13-7-3-2-4-8-13)11-14-12-20-15-9-5-6-10-16(15)21-14/h2-10,14H,11-12H2,1H3. The summed E-state index contributed by atoms with van der Waals surface area (Å²) in [6, 6.07) is 16.8. The maximum absolute atomic E-state index is 12.3. The molecule has 0 aromatic heterocycles. The van der Waals surface area contributed by atoms with Crippen LogP contribution in [0.3, 0.4) is 0 Å². The van der Waals surface area contributed by atoms with Crippen LogP contribution in [0.15, 0.2) is 54.6 Å². The van der Waals surface area contributed by atoms with Crippen molar-refractivity contribution in [1.29, 1.82) is 0 Å². The fourth-order valence-electron chi connectivity index (χ4n) is 2.34. The van der Waals surface area contributed by atoms with Crippen LogP contribution in [0.5, 0.6) is 11.5 Å². The lowest BCUT2D eigenvalue weighted by Gasteiger charge is -2.29. The first-order valence-corrected chi connectivity index (χ1v) is 6.93. The monoisotopic (exact) mass is 283 g/mol. The van der Waals surface area contributed by atoms with E-state index in [1.165, 1.54) is 0 Å². The molecule has 0 spiro atoms. The Morgan fingerprint density at radius 3 is 2.52 bits per heavy atom. The lowest BCUT2D eigenvalue weighted by atomic mass is 10.2. The molecule has 4 heteroatoms. The summed E-state index contributed by atoms with van der Waals surface area (Å²) in [4.78, 5) is 14.0. The van der Waals surface area contributed by atoms with Gasteiger partial charge in [0.25, 0.3) is 5.91 Å². The number of ether oxygens (including phenoxy) is 2. The van der Waals surface area contributed by atoms with Gasteiger partial charge in [-0.25, -0.2) is 0 Å². The second-order valence-electron chi connectivity index (χ2n) is 5.05. The lowest BCUT2D eigenvalue weighted by molar-refractivity contribution is 0.0521. The van der Waals surface area contributed by atoms with Gasteiger partial charge in [-0.2, -0.15) is 0 Å². The predicted molar refractivity (Wildman–Crippen MR) is 79.8 cm³/mol. The van der Waals surface area contributed by atoms with Crippen molar-refractivity contribution in [3.8, 4) is 11.5 Å². The smallest absolute Gasteiger partial charge is 0.253 e. The fourth-order valence-corrected chi connectivity index (χ4v) is 2.34. The number of likely N-dealkylation sites (N-methyl/N-ethyl adjacent to an activating group) is 1. The van der Waals surface area contributed by atoms with Crippen LogP contribution in [0.25, 0.3) is 0 Å². The number of hydrogen-bond acceptors (Lipinski definition) is 3. The zero-order valence-electron chi connectivity index (χ0n) is 11.9. The van der Waals surface area contributed by atoms with Crippen LogP contribution in [0, 0.1) is 0 Å². The van der Waals surface area contributed by atoms with E-state index < -0.39 is 0 Å². The highest BCUT2D eigenvalue weighted by Crippen LogP contribution is 2.30. The minimum absolute atomic E-state index is 0.0157. The van der Waals surface area contributed by atoms with E-state index in [-0.39, 0.29) is 12.0 Å². The number of rotatable bonds is 3. The maximum Gasteiger partial charge on any atom is 0.253 e. The highest BCUT2D eigenvalue weighted by Gasteiger charge is 2.23. The fraction of sp³-hybridized carbons (Fsp3) is 0.235. The average Bonchev–Trinajstić information content (AvgIpc) is 2.55. The summed E-state index contributed by atoms with van der Waals surface area (Å²) >= 11 is 0. The summed E-state index contributed by atoms with van der Waals surface area (Å²) in [6.07, 6.45) is -0.155. The van der Waals surface area contributed by atoms with E-state index >= 15 is 0 Å². The number of nitrogens with zero attached hydrogens (tertiary/aromatic N) is 1. The van der Waals surface area contributed by atoms with Gasteiger partial charge in [0.05, 0.1) is 6.54 Å². The number of carbonyl (C=O) groups excluding carboxylic acids is 1. The summed E-state index contributed by atoms with van der Waals surface area (Å²) in [7, 11) is 1.78. The molecule has 0 radical (unpaired) electrons. The number of carbonyl (C=O) groups is 1. The van der Waals surface area contributed by atoms with Crippen molar-refractivity contribution < 1.29 is 14.3 Å². The molecular weight excluding hydrogens is 266 g/mol. The SMILES string of the molecule is CN(CC1COc2ccccc2O1)C(=O)c1ccccc1. The molecule has 4 nitrogen and oxygen atoms in total. The van der Waals surface area contributed by atoms with Crippen LogP contribution in [-0.4, -0.2) is 37.1 Å². The predicted octanol–water partition coefficient (Wildman–Crippen LogP) is 2.60. The summed E-state index contributed by atoms with van der Waals surface area (Å²) in [6.45, 7) is 0.936. The van der Waals surface area contributed by atoms with E-state index in [0.29, 0.717) is 18.7 Å². The Morgan fingerprint density at radius 1 is 1.10 bits per heavy atom. The van der Waals surface area contributed by atoms with Crippen LogP contribution in [0.1, 0.15) is 10.4 Å². The van der Waals surface area contributed by atoms with Crippen LogP contribution >= 0.6 is 0 Å². The van der Waals surface area contributed by atoms with E-state index in [0.717, 1.165) is 11.5 Å². The Morgan fingerprint density at radius 2 is 1.76 bits per heavy atom. The summed E-state index contributed by atoms with van der Waals surface area (Å²) in [5.74, 6) is 1.47. The van der Waals surface area contributed by atoms with Gasteiger partial charge in [0.2, 0.25) is 0 Å². The summed E-state index contributed by atoms with van der Waals surface area (Å²) < 4.78 is 11.5. The molecule has 1 amide bonds. The molecule has 1 atom stereocenters. The number of para-hydroxylation sites is 2. The minimum Gasteiger partial charge on any atom is -0.486 e. The molecule has 0 aliphatic carbocycles. The largest absolute Gasteiger partial charge is 0.486 e. The minimum atomic E-state index is -0.155. The Hall–Kier alpha value is -2.49. The van der Waals surface area contributed by atoms with Gasteiger partial charge >= 0.3 is 0 Å². The Labute approximate surface area is 123 Å². The molecule has 2 aromatic carbocycles. The number of hydrogen-bond donors (Lipinski definition) is 0. The molecule has 2 aromatic rings. The number of benzene rings is 2. The second kappa shape index (κ2) is 5.87. The van der Waals surface area contributed by atoms with Gasteiger partial charge in [0.15, 0.2) is 17.6 Å². The average molecular weight is 283 g/mol. The van der Waals surface area contributed by atoms with Gasteiger partial charge in [0, 0.05) is 12.6 Å². The van der Waals surface area contributed by atoms with Crippen LogP contribution in [-0.2, 0) is 0 Å². The van der Waals surface area contributed by atoms with E-state index in [4.69, 9.17) is 9.47 Å². The van der Waals surface area contributed by atoms with Gasteiger partial charge in [-0.05, 0) is 24.3 Å². The Bertz CT molecular complexity index is 627. The first kappa shape index (κ1) is 13.5. The molecule has 0 saturated carbocycles. The third kappa shape index (κ3) is 2.99. The third-order valence-corrected chi connectivity index (χ3v) is 3.41. The molecule has 1 aliphatic rings. The maximum atomic E-state index is 12.3. The van der Waals surface area contributed by atoms with Crippen molar-refractivity contribution in [3.05, 3.63) is 60.2 Å². The van der Waals surface area contributed by atoms with Crippen molar-refractivity contribution in [3.63, 3.8) is 0 Å². The van der Waals surface area contributed by atoms with E-state index in [2.05, 4.69) is 0 Å². The van der Waals surface area contributed by atoms with Crippen molar-refractivity contribution in [2.24, 2.45) is 0 Å². The van der Waals surface area contributed by atoms with Gasteiger partial charge in [-0.1, -0.05) is 30.3 Å². The molecule has 108 valence electrons. The second-order valence-corrected chi connectivity index (χ2v) is 5.05. The van der Waals surface area contributed by atoms with Gasteiger partial charge in [-0.3, -0.25) is 4.79 Å². The van der Waals surface area contributed by atoms with Gasteiger partial charge < -0.3 is 14.4 Å². The number of amides is 1. The molecule has 3 rings (SSSR count). The van der Waals surface area contributed by atoms with Crippen molar-refractivity contribution in [2.45, 2.75) is 6.10 Å². The molecule has 1 unspecified atom stereocenters. The Kier molecular flexibility index (Phi) is 3.77. The zero-order valence-corrected chi connectivity index (χ0v) is 11.9. The zero-order chi connectivity index (χ0) is 14.7. The molecular formula is C17H17NO3. The van der Waals surface area contributed by atoms with Crippen LogP contribution in [0.4, 0.5) is 0 Å². The third-order valence-electron chi connectivity index (χ3n) is 3.41. The molecule has 0 N–H and O–H groups in total. The van der Waals surface area contributed by atoms with Gasteiger partial charge in [0.1, 0.15) is 6.61 Å². The lowest BCUT2D eigenvalue weighted by Crippen LogP contribution is -2.41. The van der Waals surface area contributed by atoms with Crippen molar-refractivity contribution >= 4 is 5.91 Å². The quantitative estimate of drug-likeness (QED) is 0.869. The van der Waals surface area contributed by atoms with Crippen molar-refractivity contribution in [2.75, 3.05) is 20.2 Å². The highest BCUT2D eigenvalue weighted by atomic mass is 16.6. The van der Waals surface area contributed by atoms with Crippen LogP contribution < -0.4 is 9.47 Å². The van der Waals surface area contributed by atoms with Crippen LogP contribution in [0.2, 0.25) is 0 Å². The Balaban J connectivity index is 1.64. The summed E-state index contributed by atoms with van der Waals surface area (Å²) in [5, 5.41) is 0.